The van der Waals surface area contributed by atoms with Crippen molar-refractivity contribution in [1.82, 2.24) is 14.9 Å². The molecule has 0 fully saturated rings. The zero-order valence-electron chi connectivity index (χ0n) is 20.7. The van der Waals surface area contributed by atoms with E-state index >= 15 is 0 Å². The summed E-state index contributed by atoms with van der Waals surface area (Å²) in [4.78, 5) is 34.1. The molecule has 36 heavy (non-hydrogen) atoms. The molecule has 0 aliphatic rings. The average Bonchev–Trinajstić information content (AvgIpc) is 2.85. The highest BCUT2D eigenvalue weighted by Crippen LogP contribution is 2.33. The number of nitrogens with one attached hydrogen (secondary N) is 3. The molecule has 0 aliphatic heterocycles. The number of methoxy groups -OCH3 is 1. The van der Waals surface area contributed by atoms with Gasteiger partial charge in [-0.15, -0.1) is 0 Å². The Labute approximate surface area is 216 Å². The topological polar surface area (TPSA) is 108 Å². The molecule has 3 aromatic rings. The Balaban J connectivity index is 1.82. The number of carbonyl (C=O) groups excluding carboxylic acids is 2. The number of benzene rings is 2. The number of rotatable bonds is 9. The first kappa shape index (κ1) is 26.9. The van der Waals surface area contributed by atoms with Gasteiger partial charge in [-0.05, 0) is 42.9 Å². The number of anilines is 5. The van der Waals surface area contributed by atoms with Crippen LogP contribution in [0.25, 0.3) is 0 Å². The first-order valence-corrected chi connectivity index (χ1v) is 13.5. The van der Waals surface area contributed by atoms with Crippen LogP contribution in [0.15, 0.2) is 60.8 Å². The van der Waals surface area contributed by atoms with E-state index in [4.69, 9.17) is 16.3 Å². The van der Waals surface area contributed by atoms with E-state index in [9.17, 15) is 9.59 Å². The molecule has 0 saturated carbocycles. The molecule has 0 saturated heterocycles. The van der Waals surface area contributed by atoms with Crippen molar-refractivity contribution in [3.8, 4) is 5.75 Å². The molecule has 0 unspecified atom stereocenters. The number of ether oxygens (including phenoxy) is 1. The number of aromatic nitrogens is 2. The molecular weight excluding hydrogens is 499 g/mol. The minimum Gasteiger partial charge on any atom is -0.495 e. The summed E-state index contributed by atoms with van der Waals surface area (Å²) in [6.07, 6.45) is 3.89. The van der Waals surface area contributed by atoms with Gasteiger partial charge in [0.1, 0.15) is 10.8 Å². The summed E-state index contributed by atoms with van der Waals surface area (Å²) in [6.45, 7) is 4.36. The zero-order valence-corrected chi connectivity index (χ0v) is 22.3. The third-order valence-corrected chi connectivity index (χ3v) is 6.54. The van der Waals surface area contributed by atoms with E-state index in [0.29, 0.717) is 28.0 Å². The lowest BCUT2D eigenvalue weighted by Gasteiger charge is -2.16. The standard InChI is InChI=1S/C25H28ClN6O3P/c1-32(2)23(34)13-12-22(33)28-16-10-11-20(35-3)19(14-16)30-25-27-15-17(26)24(31-25)29-18-8-6-7-9-21(18)36(4)5/h6-15H,1-5H3,(H,28,33)(H2,27,29,30,31)/b13-12-. The zero-order chi connectivity index (χ0) is 26.2. The van der Waals surface area contributed by atoms with E-state index in [1.165, 1.54) is 35.7 Å². The molecule has 3 N–H and O–H groups in total. The third-order valence-electron chi connectivity index (χ3n) is 4.91. The van der Waals surface area contributed by atoms with Gasteiger partial charge in [0.05, 0.1) is 19.0 Å². The monoisotopic (exact) mass is 526 g/mol. The lowest BCUT2D eigenvalue weighted by atomic mass is 10.2. The van der Waals surface area contributed by atoms with Crippen molar-refractivity contribution in [3.05, 3.63) is 65.8 Å². The van der Waals surface area contributed by atoms with Gasteiger partial charge in [-0.25, -0.2) is 4.98 Å². The predicted octanol–water partition coefficient (Wildman–Crippen LogP) is 4.58. The van der Waals surface area contributed by atoms with Gasteiger partial charge in [-0.1, -0.05) is 37.7 Å². The van der Waals surface area contributed by atoms with Crippen LogP contribution >= 0.6 is 19.5 Å². The molecule has 2 aromatic carbocycles. The second-order valence-corrected chi connectivity index (χ2v) is 10.7. The smallest absolute Gasteiger partial charge is 0.248 e. The number of para-hydroxylation sites is 1. The van der Waals surface area contributed by atoms with Crippen LogP contribution in [0, 0.1) is 0 Å². The van der Waals surface area contributed by atoms with Crippen LogP contribution in [-0.2, 0) is 9.59 Å². The number of nitrogens with zero attached hydrogens (tertiary/aromatic N) is 3. The lowest BCUT2D eigenvalue weighted by molar-refractivity contribution is -0.124. The summed E-state index contributed by atoms with van der Waals surface area (Å²) in [5.41, 5.74) is 1.96. The first-order chi connectivity index (χ1) is 17.2. The summed E-state index contributed by atoms with van der Waals surface area (Å²) in [5, 5.41) is 10.7. The maximum atomic E-state index is 12.2. The number of likely N-dealkylation sites (N-methyl/N-ethyl adjacent to an activating group) is 1. The largest absolute Gasteiger partial charge is 0.495 e. The van der Waals surface area contributed by atoms with Crippen LogP contribution in [0.4, 0.5) is 28.8 Å². The van der Waals surface area contributed by atoms with Crippen molar-refractivity contribution in [2.45, 2.75) is 0 Å². The van der Waals surface area contributed by atoms with Gasteiger partial charge in [-0.2, -0.15) is 4.98 Å². The molecule has 11 heteroatoms. The van der Waals surface area contributed by atoms with E-state index < -0.39 is 5.91 Å². The molecule has 0 aliphatic carbocycles. The molecule has 0 radical (unpaired) electrons. The van der Waals surface area contributed by atoms with E-state index in [2.05, 4.69) is 45.3 Å². The Bertz CT molecular complexity index is 1280. The van der Waals surface area contributed by atoms with Gasteiger partial charge in [0.2, 0.25) is 17.8 Å². The van der Waals surface area contributed by atoms with E-state index in [0.717, 1.165) is 5.69 Å². The molecule has 1 heterocycles. The summed E-state index contributed by atoms with van der Waals surface area (Å²) < 4.78 is 5.44. The number of hydrogen-bond donors (Lipinski definition) is 3. The number of amides is 2. The van der Waals surface area contributed by atoms with Crippen LogP contribution in [0.3, 0.4) is 0 Å². The SMILES string of the molecule is COc1ccc(NC(=O)/C=C\C(=O)N(C)C)cc1Nc1ncc(Cl)c(Nc2ccccc2P(C)C)n1. The van der Waals surface area contributed by atoms with Crippen LogP contribution in [-0.4, -0.2) is 61.2 Å². The summed E-state index contributed by atoms with van der Waals surface area (Å²) in [6, 6.07) is 13.1. The Morgan fingerprint density at radius 3 is 2.50 bits per heavy atom. The molecule has 9 nitrogen and oxygen atoms in total. The number of carbonyl (C=O) groups is 2. The Hall–Kier alpha value is -3.68. The third kappa shape index (κ3) is 7.16. The minimum atomic E-state index is -0.443. The van der Waals surface area contributed by atoms with E-state index in [-0.39, 0.29) is 19.8 Å². The van der Waals surface area contributed by atoms with Gasteiger partial charge >= 0.3 is 0 Å². The van der Waals surface area contributed by atoms with Crippen molar-refractivity contribution in [3.63, 3.8) is 0 Å². The van der Waals surface area contributed by atoms with Crippen LogP contribution in [0.5, 0.6) is 5.75 Å². The van der Waals surface area contributed by atoms with Crippen molar-refractivity contribution in [1.29, 1.82) is 0 Å². The van der Waals surface area contributed by atoms with Gasteiger partial charge in [-0.3, -0.25) is 9.59 Å². The van der Waals surface area contributed by atoms with Crippen LogP contribution in [0.2, 0.25) is 5.02 Å². The fourth-order valence-corrected chi connectivity index (χ4v) is 4.23. The Morgan fingerprint density at radius 2 is 1.81 bits per heavy atom. The van der Waals surface area contributed by atoms with E-state index in [1.54, 1.807) is 32.3 Å². The summed E-state index contributed by atoms with van der Waals surface area (Å²) in [5.74, 6) is 0.530. The lowest BCUT2D eigenvalue weighted by Crippen LogP contribution is -2.19. The highest BCUT2D eigenvalue weighted by atomic mass is 35.5. The number of hydrogen-bond acceptors (Lipinski definition) is 7. The van der Waals surface area contributed by atoms with E-state index in [1.807, 2.05) is 18.2 Å². The van der Waals surface area contributed by atoms with Gasteiger partial charge in [0.25, 0.3) is 0 Å². The molecule has 2 amide bonds. The van der Waals surface area contributed by atoms with Gasteiger partial charge in [0, 0.05) is 37.6 Å². The van der Waals surface area contributed by atoms with Crippen molar-refractivity contribution in [2.24, 2.45) is 0 Å². The second kappa shape index (κ2) is 12.3. The van der Waals surface area contributed by atoms with Crippen molar-refractivity contribution in [2.75, 3.05) is 50.5 Å². The maximum Gasteiger partial charge on any atom is 0.248 e. The molecular formula is C25H28ClN6O3P. The molecule has 1 aromatic heterocycles. The van der Waals surface area contributed by atoms with Crippen LogP contribution in [0.1, 0.15) is 0 Å². The molecule has 188 valence electrons. The first-order valence-electron chi connectivity index (χ1n) is 10.9. The van der Waals surface area contributed by atoms with Gasteiger partial charge < -0.3 is 25.6 Å². The molecule has 0 spiro atoms. The van der Waals surface area contributed by atoms with Gasteiger partial charge in [0.15, 0.2) is 5.82 Å². The fraction of sp³-hybridized carbons (Fsp3) is 0.200. The van der Waals surface area contributed by atoms with Crippen molar-refractivity contribution < 1.29 is 14.3 Å². The van der Waals surface area contributed by atoms with Crippen LogP contribution < -0.4 is 26.0 Å². The highest BCUT2D eigenvalue weighted by Gasteiger charge is 2.13. The highest BCUT2D eigenvalue weighted by molar-refractivity contribution is 7.64. The number of halogens is 1. The molecule has 0 bridgehead atoms. The summed E-state index contributed by atoms with van der Waals surface area (Å²) in [7, 11) is 4.41. The second-order valence-electron chi connectivity index (χ2n) is 8.02. The van der Waals surface area contributed by atoms with Crippen molar-refractivity contribution >= 4 is 65.5 Å². The fourth-order valence-electron chi connectivity index (χ4n) is 3.10. The summed E-state index contributed by atoms with van der Waals surface area (Å²) >= 11 is 6.38. The Morgan fingerprint density at radius 1 is 1.06 bits per heavy atom. The Kier molecular flexibility index (Phi) is 9.22. The molecule has 3 rings (SSSR count). The minimum absolute atomic E-state index is 0.285. The molecule has 0 atom stereocenters. The predicted molar refractivity (Wildman–Crippen MR) is 148 cm³/mol. The maximum absolute atomic E-state index is 12.2. The average molecular weight is 527 g/mol. The quantitative estimate of drug-likeness (QED) is 0.277. The normalized spacial score (nSPS) is 10.9.